The molecule has 0 aliphatic carbocycles. The first kappa shape index (κ1) is 14.2. The highest BCUT2D eigenvalue weighted by Gasteiger charge is 2.06. The Balaban J connectivity index is 1.60. The largest absolute Gasteiger partial charge is 0.278 e. The molecule has 108 valence electrons. The summed E-state index contributed by atoms with van der Waals surface area (Å²) in [5, 5.41) is 13.4. The molecule has 1 fully saturated rings. The predicted octanol–water partition coefficient (Wildman–Crippen LogP) is 3.80. The zero-order chi connectivity index (χ0) is 14.3. The smallest absolute Gasteiger partial charge is 0.0874 e. The molecule has 2 aromatic rings. The number of benzene rings is 2. The van der Waals surface area contributed by atoms with Crippen molar-refractivity contribution in [1.29, 1.82) is 0 Å². The number of hydrogen-bond acceptors (Lipinski definition) is 2. The third kappa shape index (κ3) is 4.37. The molecule has 0 amide bonds. The lowest BCUT2D eigenvalue weighted by atomic mass is 10.2. The quantitative estimate of drug-likeness (QED) is 0.623. The monoisotopic (exact) mass is 297 g/mol. The van der Waals surface area contributed by atoms with Crippen LogP contribution in [0.2, 0.25) is 0 Å². The third-order valence-corrected chi connectivity index (χ3v) is 4.79. The van der Waals surface area contributed by atoms with E-state index in [1.54, 1.807) is 0 Å². The summed E-state index contributed by atoms with van der Waals surface area (Å²) in [5.41, 5.74) is 0.933. The van der Waals surface area contributed by atoms with Crippen LogP contribution in [-0.2, 0) is 0 Å². The predicted molar refractivity (Wildman–Crippen MR) is 90.4 cm³/mol. The van der Waals surface area contributed by atoms with Crippen LogP contribution in [0.3, 0.4) is 0 Å². The first-order valence-electron chi connectivity index (χ1n) is 7.49. The first-order chi connectivity index (χ1) is 10.4. The van der Waals surface area contributed by atoms with Gasteiger partial charge in [-0.05, 0) is 42.0 Å². The maximum atomic E-state index is 4.33. The average molecular weight is 297 g/mol. The maximum Gasteiger partial charge on any atom is 0.0874 e. The molecule has 2 aromatic carbocycles. The Labute approximate surface area is 127 Å². The van der Waals surface area contributed by atoms with Gasteiger partial charge in [0, 0.05) is 13.1 Å². The molecular formula is C17H20N3P. The van der Waals surface area contributed by atoms with Crippen molar-refractivity contribution in [1.82, 2.24) is 5.01 Å². The minimum absolute atomic E-state index is 0.697. The second kappa shape index (κ2) is 7.33. The fraction of sp³-hybridized carbons (Fsp3) is 0.294. The van der Waals surface area contributed by atoms with E-state index in [0.717, 1.165) is 18.8 Å². The molecule has 3 nitrogen and oxygen atoms in total. The van der Waals surface area contributed by atoms with Crippen molar-refractivity contribution in [3.8, 4) is 0 Å². The topological polar surface area (TPSA) is 28.0 Å². The Morgan fingerprint density at radius 2 is 1.43 bits per heavy atom. The molecule has 1 unspecified atom stereocenters. The molecule has 0 radical (unpaired) electrons. The summed E-state index contributed by atoms with van der Waals surface area (Å²) in [6.45, 7) is 2.08. The van der Waals surface area contributed by atoms with E-state index in [1.165, 1.54) is 29.9 Å². The summed E-state index contributed by atoms with van der Waals surface area (Å²) in [7, 11) is 0.697. The summed E-state index contributed by atoms with van der Waals surface area (Å²) in [6, 6.07) is 19.0. The van der Waals surface area contributed by atoms with Crippen molar-refractivity contribution in [2.24, 2.45) is 10.3 Å². The van der Waals surface area contributed by atoms with Crippen LogP contribution in [0.15, 0.2) is 64.9 Å². The highest BCUT2D eigenvalue weighted by molar-refractivity contribution is 7.55. The van der Waals surface area contributed by atoms with E-state index in [4.69, 9.17) is 0 Å². The normalized spacial score (nSPS) is 16.1. The molecular weight excluding hydrogens is 277 g/mol. The van der Waals surface area contributed by atoms with Gasteiger partial charge in [-0.15, -0.1) is 5.11 Å². The minimum Gasteiger partial charge on any atom is -0.278 e. The molecule has 0 aromatic heterocycles. The Kier molecular flexibility index (Phi) is 4.96. The number of rotatable bonds is 4. The molecule has 0 N–H and O–H groups in total. The van der Waals surface area contributed by atoms with Gasteiger partial charge in [-0.25, -0.2) is 0 Å². The molecule has 3 rings (SSSR count). The van der Waals surface area contributed by atoms with Crippen molar-refractivity contribution < 1.29 is 0 Å². The van der Waals surface area contributed by atoms with Crippen LogP contribution in [0.25, 0.3) is 0 Å². The summed E-state index contributed by atoms with van der Waals surface area (Å²) >= 11 is 0. The van der Waals surface area contributed by atoms with Crippen LogP contribution in [0.5, 0.6) is 0 Å². The lowest BCUT2D eigenvalue weighted by molar-refractivity contribution is 0.224. The SMILES string of the molecule is c1ccc(Pc2ccc(/N=N\N3CCCCC3)cc2)cc1. The molecule has 0 spiro atoms. The van der Waals surface area contributed by atoms with Crippen LogP contribution in [0.1, 0.15) is 19.3 Å². The Hall–Kier alpha value is -1.73. The standard InChI is InChI=1S/C17H20N3P/c1-3-7-16(8-4-1)21-17-11-9-15(10-12-17)18-19-20-13-5-2-6-14-20/h1,3-4,7-12,21H,2,5-6,13-14H2/b19-18-. The first-order valence-corrected chi connectivity index (χ1v) is 8.49. The van der Waals surface area contributed by atoms with Crippen molar-refractivity contribution in [2.45, 2.75) is 19.3 Å². The Morgan fingerprint density at radius 3 is 2.14 bits per heavy atom. The molecule has 1 atom stereocenters. The van der Waals surface area contributed by atoms with E-state index in [2.05, 4.69) is 69.9 Å². The summed E-state index contributed by atoms with van der Waals surface area (Å²) in [6.07, 6.45) is 3.79. The molecule has 1 heterocycles. The van der Waals surface area contributed by atoms with Gasteiger partial charge in [-0.3, -0.25) is 5.01 Å². The molecule has 1 aliphatic heterocycles. The van der Waals surface area contributed by atoms with Gasteiger partial charge in [0.05, 0.1) is 5.69 Å². The zero-order valence-electron chi connectivity index (χ0n) is 12.1. The minimum atomic E-state index is 0.697. The van der Waals surface area contributed by atoms with E-state index in [1.807, 2.05) is 0 Å². The van der Waals surface area contributed by atoms with Crippen LogP contribution < -0.4 is 10.6 Å². The van der Waals surface area contributed by atoms with Gasteiger partial charge in [-0.2, -0.15) is 0 Å². The fourth-order valence-corrected chi connectivity index (χ4v) is 3.41. The highest BCUT2D eigenvalue weighted by atomic mass is 31.1. The van der Waals surface area contributed by atoms with Crippen LogP contribution >= 0.6 is 8.58 Å². The van der Waals surface area contributed by atoms with Crippen LogP contribution in [-0.4, -0.2) is 18.1 Å². The van der Waals surface area contributed by atoms with Crippen molar-refractivity contribution in [3.63, 3.8) is 0 Å². The van der Waals surface area contributed by atoms with Gasteiger partial charge in [0.25, 0.3) is 0 Å². The molecule has 0 saturated carbocycles. The zero-order valence-corrected chi connectivity index (χ0v) is 13.1. The second-order valence-electron chi connectivity index (χ2n) is 5.24. The third-order valence-electron chi connectivity index (χ3n) is 3.55. The van der Waals surface area contributed by atoms with E-state index in [9.17, 15) is 0 Å². The number of hydrogen-bond donors (Lipinski definition) is 0. The summed E-state index contributed by atoms with van der Waals surface area (Å²) in [5.74, 6) is 0. The van der Waals surface area contributed by atoms with Crippen LogP contribution in [0.4, 0.5) is 5.69 Å². The molecule has 4 heteroatoms. The van der Waals surface area contributed by atoms with E-state index in [-0.39, 0.29) is 0 Å². The average Bonchev–Trinajstić information content (AvgIpc) is 2.56. The Morgan fingerprint density at radius 1 is 0.762 bits per heavy atom. The van der Waals surface area contributed by atoms with Gasteiger partial charge in [0.15, 0.2) is 0 Å². The van der Waals surface area contributed by atoms with Gasteiger partial charge in [0.1, 0.15) is 0 Å². The molecule has 1 aliphatic rings. The summed E-state index contributed by atoms with van der Waals surface area (Å²) < 4.78 is 0. The number of piperidine rings is 1. The van der Waals surface area contributed by atoms with E-state index >= 15 is 0 Å². The van der Waals surface area contributed by atoms with Gasteiger partial charge in [0.2, 0.25) is 0 Å². The lowest BCUT2D eigenvalue weighted by Gasteiger charge is -2.21. The number of nitrogens with zero attached hydrogens (tertiary/aromatic N) is 3. The van der Waals surface area contributed by atoms with Crippen molar-refractivity contribution >= 4 is 24.9 Å². The van der Waals surface area contributed by atoms with Gasteiger partial charge in [-0.1, -0.05) is 56.3 Å². The van der Waals surface area contributed by atoms with Gasteiger partial charge >= 0.3 is 0 Å². The highest BCUT2D eigenvalue weighted by Crippen LogP contribution is 2.17. The molecule has 21 heavy (non-hydrogen) atoms. The fourth-order valence-electron chi connectivity index (χ4n) is 2.38. The second-order valence-corrected chi connectivity index (χ2v) is 6.65. The van der Waals surface area contributed by atoms with E-state index < -0.39 is 0 Å². The molecule has 0 bridgehead atoms. The van der Waals surface area contributed by atoms with Gasteiger partial charge < -0.3 is 0 Å². The van der Waals surface area contributed by atoms with Crippen molar-refractivity contribution in [2.75, 3.05) is 13.1 Å². The maximum absolute atomic E-state index is 4.33. The molecule has 1 saturated heterocycles. The van der Waals surface area contributed by atoms with E-state index in [0.29, 0.717) is 8.58 Å². The lowest BCUT2D eigenvalue weighted by Crippen LogP contribution is -2.23. The van der Waals surface area contributed by atoms with Crippen molar-refractivity contribution in [3.05, 3.63) is 54.6 Å². The summed E-state index contributed by atoms with van der Waals surface area (Å²) in [4.78, 5) is 0. The van der Waals surface area contributed by atoms with Crippen LogP contribution in [0, 0.1) is 0 Å². The Bertz CT molecular complexity index is 575.